The van der Waals surface area contributed by atoms with Crippen molar-refractivity contribution >= 4 is 5.91 Å². The van der Waals surface area contributed by atoms with Crippen LogP contribution in [0.4, 0.5) is 0 Å². The molecule has 264 valence electrons. The lowest BCUT2D eigenvalue weighted by atomic mass is 10.0. The number of hydrogen-bond acceptors (Lipinski definition) is 5. The summed E-state index contributed by atoms with van der Waals surface area (Å²) < 4.78 is 0. The van der Waals surface area contributed by atoms with Gasteiger partial charge in [-0.15, -0.1) is 0 Å². The van der Waals surface area contributed by atoms with Crippen LogP contribution in [-0.2, 0) is 4.79 Å². The average Bonchev–Trinajstić information content (AvgIpc) is 3.04. The molecule has 0 aliphatic carbocycles. The van der Waals surface area contributed by atoms with E-state index in [1.165, 1.54) is 116 Å². The summed E-state index contributed by atoms with van der Waals surface area (Å²) in [6, 6.07) is -1.03. The van der Waals surface area contributed by atoms with E-state index < -0.39 is 36.9 Å². The normalized spacial score (nSPS) is 14.9. The van der Waals surface area contributed by atoms with Gasteiger partial charge in [0.1, 0.15) is 12.2 Å². The monoisotopic (exact) mass is 636 g/mol. The van der Waals surface area contributed by atoms with Gasteiger partial charge in [-0.1, -0.05) is 153 Å². The Labute approximate surface area is 277 Å². The van der Waals surface area contributed by atoms with Crippen molar-refractivity contribution < 1.29 is 25.2 Å². The highest BCUT2D eigenvalue weighted by Crippen LogP contribution is 2.14. The molecular weight excluding hydrogens is 562 g/mol. The molecule has 0 aliphatic heterocycles. The fraction of sp³-hybridized carbons (Fsp3) is 0.821. The van der Waals surface area contributed by atoms with E-state index in [0.29, 0.717) is 12.8 Å². The molecule has 0 aromatic heterocycles. The minimum absolute atomic E-state index is 0.152. The van der Waals surface area contributed by atoms with Crippen molar-refractivity contribution in [2.75, 3.05) is 6.61 Å². The number of aliphatic hydroxyl groups is 4. The first-order valence-corrected chi connectivity index (χ1v) is 18.9. The van der Waals surface area contributed by atoms with E-state index in [1.807, 2.05) is 6.08 Å². The van der Waals surface area contributed by atoms with Gasteiger partial charge in [0, 0.05) is 6.42 Å². The van der Waals surface area contributed by atoms with Gasteiger partial charge in [-0.3, -0.25) is 4.79 Å². The maximum absolute atomic E-state index is 12.4. The van der Waals surface area contributed by atoms with E-state index in [0.717, 1.165) is 25.7 Å². The summed E-state index contributed by atoms with van der Waals surface area (Å²) in [5.74, 6) is -0.663. The van der Waals surface area contributed by atoms with E-state index in [-0.39, 0.29) is 6.42 Å². The maximum atomic E-state index is 12.4. The summed E-state index contributed by atoms with van der Waals surface area (Å²) >= 11 is 0. The van der Waals surface area contributed by atoms with Crippen molar-refractivity contribution in [2.24, 2.45) is 0 Å². The van der Waals surface area contributed by atoms with E-state index >= 15 is 0 Å². The maximum Gasteiger partial charge on any atom is 0.249 e. The zero-order chi connectivity index (χ0) is 33.2. The number of amides is 1. The molecule has 0 fully saturated rings. The molecule has 0 spiro atoms. The molecular formula is C39H73NO5. The third-order valence-corrected chi connectivity index (χ3v) is 8.58. The van der Waals surface area contributed by atoms with Crippen LogP contribution in [0.1, 0.15) is 174 Å². The standard InChI is InChI=1S/C39H73NO5/c1-3-5-7-9-11-13-15-17-18-19-20-21-23-24-26-28-30-32-36(42)38(44)35(34-41)40-39(45)37(43)33-31-29-27-25-22-16-14-12-10-8-6-4-2/h22,24-26,29,31,35-38,41-44H,3-21,23,27-28,30,32-34H2,1-2H3,(H,40,45)/b25-22-,26-24+,31-29-. The van der Waals surface area contributed by atoms with Gasteiger partial charge in [-0.05, 0) is 51.4 Å². The Morgan fingerprint density at radius 3 is 1.49 bits per heavy atom. The van der Waals surface area contributed by atoms with Gasteiger partial charge in [0.25, 0.3) is 0 Å². The first kappa shape index (κ1) is 43.5. The predicted molar refractivity (Wildman–Crippen MR) is 191 cm³/mol. The molecule has 1 amide bonds. The van der Waals surface area contributed by atoms with Crippen LogP contribution in [0.15, 0.2) is 36.5 Å². The molecule has 0 aromatic carbocycles. The largest absolute Gasteiger partial charge is 0.394 e. The van der Waals surface area contributed by atoms with Gasteiger partial charge in [0.05, 0.1) is 18.8 Å². The number of nitrogens with one attached hydrogen (secondary N) is 1. The van der Waals surface area contributed by atoms with Gasteiger partial charge < -0.3 is 25.7 Å². The smallest absolute Gasteiger partial charge is 0.249 e. The molecule has 5 N–H and O–H groups in total. The summed E-state index contributed by atoms with van der Waals surface area (Å²) in [5.41, 5.74) is 0. The Bertz CT molecular complexity index is 722. The number of hydrogen-bond donors (Lipinski definition) is 5. The molecule has 0 radical (unpaired) electrons. The van der Waals surface area contributed by atoms with E-state index in [1.54, 1.807) is 6.08 Å². The van der Waals surface area contributed by atoms with Crippen LogP contribution < -0.4 is 5.32 Å². The van der Waals surface area contributed by atoms with Crippen LogP contribution >= 0.6 is 0 Å². The highest BCUT2D eigenvalue weighted by atomic mass is 16.3. The molecule has 45 heavy (non-hydrogen) atoms. The molecule has 0 heterocycles. The molecule has 6 nitrogen and oxygen atoms in total. The number of allylic oxidation sites excluding steroid dienone is 5. The Balaban J connectivity index is 3.93. The van der Waals surface area contributed by atoms with Crippen molar-refractivity contribution in [3.63, 3.8) is 0 Å². The predicted octanol–water partition coefficient (Wildman–Crippen LogP) is 9.01. The molecule has 6 heteroatoms. The summed E-state index contributed by atoms with van der Waals surface area (Å²) in [4.78, 5) is 12.4. The average molecular weight is 636 g/mol. The van der Waals surface area contributed by atoms with Gasteiger partial charge in [0.15, 0.2) is 0 Å². The summed E-state index contributed by atoms with van der Waals surface area (Å²) in [5, 5.41) is 43.3. The van der Waals surface area contributed by atoms with Crippen LogP contribution in [0.3, 0.4) is 0 Å². The molecule has 0 bridgehead atoms. The van der Waals surface area contributed by atoms with Crippen LogP contribution in [0, 0.1) is 0 Å². The second kappa shape index (κ2) is 33.9. The van der Waals surface area contributed by atoms with Crippen LogP contribution in [0.2, 0.25) is 0 Å². The Morgan fingerprint density at radius 2 is 1.00 bits per heavy atom. The van der Waals surface area contributed by atoms with Gasteiger partial charge in [-0.2, -0.15) is 0 Å². The van der Waals surface area contributed by atoms with Crippen molar-refractivity contribution in [1.82, 2.24) is 5.32 Å². The third-order valence-electron chi connectivity index (χ3n) is 8.58. The summed E-state index contributed by atoms with van der Waals surface area (Å²) in [6.07, 6.45) is 37.6. The van der Waals surface area contributed by atoms with Crippen LogP contribution in [0.5, 0.6) is 0 Å². The number of carbonyl (C=O) groups is 1. The third kappa shape index (κ3) is 28.5. The Kier molecular flexibility index (Phi) is 32.8. The first-order valence-electron chi connectivity index (χ1n) is 18.9. The van der Waals surface area contributed by atoms with Crippen molar-refractivity contribution in [2.45, 2.75) is 199 Å². The number of aliphatic hydroxyl groups excluding tert-OH is 4. The molecule has 4 atom stereocenters. The highest BCUT2D eigenvalue weighted by Gasteiger charge is 2.28. The minimum atomic E-state index is -1.30. The lowest BCUT2D eigenvalue weighted by Crippen LogP contribution is -2.52. The molecule has 4 unspecified atom stereocenters. The van der Waals surface area contributed by atoms with E-state index in [2.05, 4.69) is 43.5 Å². The lowest BCUT2D eigenvalue weighted by molar-refractivity contribution is -0.132. The quantitative estimate of drug-likeness (QED) is 0.0365. The fourth-order valence-electron chi connectivity index (χ4n) is 5.50. The Morgan fingerprint density at radius 1 is 0.578 bits per heavy atom. The van der Waals surface area contributed by atoms with Crippen molar-refractivity contribution in [1.29, 1.82) is 0 Å². The van der Waals surface area contributed by atoms with Crippen molar-refractivity contribution in [3.05, 3.63) is 36.5 Å². The van der Waals surface area contributed by atoms with Crippen molar-refractivity contribution in [3.8, 4) is 0 Å². The number of unbranched alkanes of at least 4 members (excludes halogenated alkanes) is 19. The van der Waals surface area contributed by atoms with Gasteiger partial charge in [0.2, 0.25) is 5.91 Å². The highest BCUT2D eigenvalue weighted by molar-refractivity contribution is 5.81. The lowest BCUT2D eigenvalue weighted by Gasteiger charge is -2.27. The summed E-state index contributed by atoms with van der Waals surface area (Å²) in [7, 11) is 0. The molecule has 0 saturated carbocycles. The topological polar surface area (TPSA) is 110 Å². The number of carbonyl (C=O) groups excluding carboxylic acids is 1. The molecule has 0 saturated heterocycles. The second-order valence-corrected chi connectivity index (χ2v) is 12.9. The zero-order valence-electron chi connectivity index (χ0n) is 29.4. The zero-order valence-corrected chi connectivity index (χ0v) is 29.4. The Hall–Kier alpha value is -1.47. The van der Waals surface area contributed by atoms with Crippen LogP contribution in [-0.4, -0.2) is 57.3 Å². The van der Waals surface area contributed by atoms with Gasteiger partial charge >= 0.3 is 0 Å². The first-order chi connectivity index (χ1) is 22.0. The second-order valence-electron chi connectivity index (χ2n) is 12.9. The molecule has 0 aromatic rings. The van der Waals surface area contributed by atoms with Crippen LogP contribution in [0.25, 0.3) is 0 Å². The fourth-order valence-corrected chi connectivity index (χ4v) is 5.50. The van der Waals surface area contributed by atoms with Gasteiger partial charge in [-0.25, -0.2) is 0 Å². The SMILES string of the molecule is CCCCCCCC/C=C\C/C=C\CC(O)C(=O)NC(CO)C(O)C(O)CCC/C=C/CCCCCCCCCCCCCC. The number of rotatable bonds is 33. The molecule has 0 rings (SSSR count). The van der Waals surface area contributed by atoms with E-state index in [9.17, 15) is 25.2 Å². The summed E-state index contributed by atoms with van der Waals surface area (Å²) in [6.45, 7) is 3.97. The van der Waals surface area contributed by atoms with E-state index in [4.69, 9.17) is 0 Å². The molecule has 0 aliphatic rings. The minimum Gasteiger partial charge on any atom is -0.394 e.